The largest absolute Gasteiger partial charge is 0.467 e. The standard InChI is InChI=1S/C19H30N2O3/c1-18(2,3)11-12-21(16(22)14-20)19(4,17(23)24-5)13-15-9-7-6-8-10-15/h6-10H,11-14,20H2,1-5H3. The first-order valence-corrected chi connectivity index (χ1v) is 8.27. The lowest BCUT2D eigenvalue weighted by Crippen LogP contribution is -2.59. The summed E-state index contributed by atoms with van der Waals surface area (Å²) in [6.45, 7) is 8.38. The zero-order chi connectivity index (χ0) is 18.4. The van der Waals surface area contributed by atoms with E-state index in [0.717, 1.165) is 12.0 Å². The molecule has 134 valence electrons. The van der Waals surface area contributed by atoms with Crippen LogP contribution in [0.5, 0.6) is 0 Å². The predicted molar refractivity (Wildman–Crippen MR) is 95.4 cm³/mol. The highest BCUT2D eigenvalue weighted by molar-refractivity contribution is 5.88. The molecule has 1 aromatic carbocycles. The van der Waals surface area contributed by atoms with Gasteiger partial charge in [-0.15, -0.1) is 0 Å². The van der Waals surface area contributed by atoms with Crippen molar-refractivity contribution in [1.29, 1.82) is 0 Å². The fourth-order valence-corrected chi connectivity index (χ4v) is 2.70. The SMILES string of the molecule is COC(=O)C(C)(Cc1ccccc1)N(CCC(C)(C)C)C(=O)CN. The van der Waals surface area contributed by atoms with Crippen molar-refractivity contribution in [2.45, 2.75) is 46.1 Å². The third-order valence-corrected chi connectivity index (χ3v) is 4.17. The van der Waals surface area contributed by atoms with Gasteiger partial charge in [0.25, 0.3) is 0 Å². The van der Waals surface area contributed by atoms with Crippen molar-refractivity contribution >= 4 is 11.9 Å². The number of amides is 1. The van der Waals surface area contributed by atoms with Crippen LogP contribution in [0.3, 0.4) is 0 Å². The number of benzene rings is 1. The molecule has 0 heterocycles. The molecule has 1 atom stereocenters. The van der Waals surface area contributed by atoms with Gasteiger partial charge in [0.05, 0.1) is 13.7 Å². The van der Waals surface area contributed by atoms with Crippen molar-refractivity contribution < 1.29 is 14.3 Å². The monoisotopic (exact) mass is 334 g/mol. The number of hydrogen-bond acceptors (Lipinski definition) is 4. The lowest BCUT2D eigenvalue weighted by atomic mass is 9.87. The molecule has 2 N–H and O–H groups in total. The lowest BCUT2D eigenvalue weighted by molar-refractivity contribution is -0.160. The fraction of sp³-hybridized carbons (Fsp3) is 0.579. The molecule has 0 saturated heterocycles. The molecule has 0 spiro atoms. The maximum absolute atomic E-state index is 12.6. The summed E-state index contributed by atoms with van der Waals surface area (Å²) in [6.07, 6.45) is 1.15. The summed E-state index contributed by atoms with van der Waals surface area (Å²) in [4.78, 5) is 26.6. The van der Waals surface area contributed by atoms with Crippen LogP contribution in [-0.2, 0) is 20.7 Å². The smallest absolute Gasteiger partial charge is 0.331 e. The summed E-state index contributed by atoms with van der Waals surface area (Å²) < 4.78 is 5.02. The van der Waals surface area contributed by atoms with E-state index in [-0.39, 0.29) is 17.9 Å². The molecule has 1 rings (SSSR count). The molecule has 0 aromatic heterocycles. The van der Waals surface area contributed by atoms with Crippen molar-refractivity contribution in [3.05, 3.63) is 35.9 Å². The number of hydrogen-bond donors (Lipinski definition) is 1. The van der Waals surface area contributed by atoms with E-state index in [2.05, 4.69) is 20.8 Å². The molecule has 0 radical (unpaired) electrons. The highest BCUT2D eigenvalue weighted by atomic mass is 16.5. The molecule has 0 saturated carbocycles. The average Bonchev–Trinajstić information content (AvgIpc) is 2.53. The van der Waals surface area contributed by atoms with Gasteiger partial charge in [-0.2, -0.15) is 0 Å². The van der Waals surface area contributed by atoms with Crippen LogP contribution in [0.25, 0.3) is 0 Å². The molecule has 24 heavy (non-hydrogen) atoms. The van der Waals surface area contributed by atoms with Gasteiger partial charge in [0.2, 0.25) is 5.91 Å². The molecule has 1 unspecified atom stereocenters. The zero-order valence-electron chi connectivity index (χ0n) is 15.5. The number of carbonyl (C=O) groups excluding carboxylic acids is 2. The van der Waals surface area contributed by atoms with Crippen molar-refractivity contribution in [3.63, 3.8) is 0 Å². The topological polar surface area (TPSA) is 72.6 Å². The molecular weight excluding hydrogens is 304 g/mol. The summed E-state index contributed by atoms with van der Waals surface area (Å²) in [5.74, 6) is -0.676. The molecule has 0 fully saturated rings. The second kappa shape index (κ2) is 8.29. The Labute approximate surface area is 145 Å². The van der Waals surface area contributed by atoms with E-state index in [1.165, 1.54) is 7.11 Å². The number of methoxy groups -OCH3 is 1. The number of nitrogens with two attached hydrogens (primary N) is 1. The van der Waals surface area contributed by atoms with E-state index < -0.39 is 11.5 Å². The predicted octanol–water partition coefficient (Wildman–Crippen LogP) is 2.38. The highest BCUT2D eigenvalue weighted by Crippen LogP contribution is 2.27. The van der Waals surface area contributed by atoms with E-state index in [1.807, 2.05) is 30.3 Å². The fourth-order valence-electron chi connectivity index (χ4n) is 2.70. The van der Waals surface area contributed by atoms with Gasteiger partial charge in [-0.3, -0.25) is 4.79 Å². The lowest BCUT2D eigenvalue weighted by Gasteiger charge is -2.40. The zero-order valence-corrected chi connectivity index (χ0v) is 15.5. The first kappa shape index (κ1) is 20.2. The molecular formula is C19H30N2O3. The minimum atomic E-state index is -1.09. The highest BCUT2D eigenvalue weighted by Gasteiger charge is 2.43. The van der Waals surface area contributed by atoms with Crippen molar-refractivity contribution in [2.24, 2.45) is 11.1 Å². The Hall–Kier alpha value is -1.88. The summed E-state index contributed by atoms with van der Waals surface area (Å²) >= 11 is 0. The average molecular weight is 334 g/mol. The summed E-state index contributed by atoms with van der Waals surface area (Å²) in [5.41, 5.74) is 5.52. The Bertz CT molecular complexity index is 551. The Balaban J connectivity index is 3.19. The van der Waals surface area contributed by atoms with Crippen molar-refractivity contribution in [1.82, 2.24) is 4.90 Å². The Morgan fingerprint density at radius 1 is 1.12 bits per heavy atom. The molecule has 5 nitrogen and oxygen atoms in total. The van der Waals surface area contributed by atoms with E-state index in [4.69, 9.17) is 10.5 Å². The molecule has 0 aliphatic rings. The third-order valence-electron chi connectivity index (χ3n) is 4.17. The maximum Gasteiger partial charge on any atom is 0.331 e. The van der Waals surface area contributed by atoms with E-state index in [1.54, 1.807) is 11.8 Å². The number of ether oxygens (including phenoxy) is 1. The van der Waals surface area contributed by atoms with Crippen molar-refractivity contribution in [2.75, 3.05) is 20.2 Å². The number of nitrogens with zero attached hydrogens (tertiary/aromatic N) is 1. The van der Waals surface area contributed by atoms with Gasteiger partial charge in [0.1, 0.15) is 5.54 Å². The Morgan fingerprint density at radius 2 is 1.71 bits per heavy atom. The van der Waals surface area contributed by atoms with Crippen LogP contribution in [0.4, 0.5) is 0 Å². The quantitative estimate of drug-likeness (QED) is 0.777. The number of esters is 1. The van der Waals surface area contributed by atoms with Crippen LogP contribution in [-0.4, -0.2) is 42.5 Å². The molecule has 0 aliphatic heterocycles. The maximum atomic E-state index is 12.6. The van der Waals surface area contributed by atoms with Gasteiger partial charge in [-0.05, 0) is 24.3 Å². The van der Waals surface area contributed by atoms with Gasteiger partial charge in [0.15, 0.2) is 0 Å². The Kier molecular flexibility index (Phi) is 6.96. The first-order valence-electron chi connectivity index (χ1n) is 8.27. The van der Waals surface area contributed by atoms with Gasteiger partial charge < -0.3 is 15.4 Å². The molecule has 0 bridgehead atoms. The first-order chi connectivity index (χ1) is 11.1. The van der Waals surface area contributed by atoms with Crippen LogP contribution >= 0.6 is 0 Å². The third kappa shape index (κ3) is 5.34. The van der Waals surface area contributed by atoms with Crippen LogP contribution in [0.15, 0.2) is 30.3 Å². The second-order valence-corrected chi connectivity index (χ2v) is 7.49. The number of rotatable bonds is 7. The molecule has 0 aliphatic carbocycles. The van der Waals surface area contributed by atoms with Gasteiger partial charge in [-0.25, -0.2) is 4.79 Å². The van der Waals surface area contributed by atoms with Crippen LogP contribution < -0.4 is 5.73 Å². The van der Waals surface area contributed by atoms with Gasteiger partial charge >= 0.3 is 5.97 Å². The Morgan fingerprint density at radius 3 is 2.17 bits per heavy atom. The summed E-state index contributed by atoms with van der Waals surface area (Å²) in [7, 11) is 1.35. The molecule has 5 heteroatoms. The van der Waals surface area contributed by atoms with Crippen LogP contribution in [0.2, 0.25) is 0 Å². The summed E-state index contributed by atoms with van der Waals surface area (Å²) in [6, 6.07) is 9.63. The van der Waals surface area contributed by atoms with E-state index in [0.29, 0.717) is 13.0 Å². The molecule has 1 amide bonds. The minimum absolute atomic E-state index is 0.0386. The van der Waals surface area contributed by atoms with Crippen LogP contribution in [0.1, 0.15) is 39.7 Å². The van der Waals surface area contributed by atoms with Crippen molar-refractivity contribution in [3.8, 4) is 0 Å². The van der Waals surface area contributed by atoms with E-state index >= 15 is 0 Å². The van der Waals surface area contributed by atoms with Crippen LogP contribution in [0, 0.1) is 5.41 Å². The van der Waals surface area contributed by atoms with E-state index in [9.17, 15) is 9.59 Å². The minimum Gasteiger partial charge on any atom is -0.467 e. The normalized spacial score (nSPS) is 13.9. The van der Waals surface area contributed by atoms with Gasteiger partial charge in [0, 0.05) is 13.0 Å². The van der Waals surface area contributed by atoms with Gasteiger partial charge in [-0.1, -0.05) is 51.1 Å². The molecule has 1 aromatic rings. The number of carbonyl (C=O) groups is 2. The summed E-state index contributed by atoms with van der Waals surface area (Å²) in [5, 5.41) is 0. The second-order valence-electron chi connectivity index (χ2n) is 7.49.